The van der Waals surface area contributed by atoms with Crippen LogP contribution in [-0.2, 0) is 11.0 Å². The number of anilines is 2. The van der Waals surface area contributed by atoms with Gasteiger partial charge in [-0.3, -0.25) is 9.69 Å². The minimum Gasteiger partial charge on any atom is -0.490 e. The number of benzene rings is 1. The number of hydrogen-bond donors (Lipinski definition) is 1. The summed E-state index contributed by atoms with van der Waals surface area (Å²) in [6.45, 7) is 6.38. The lowest BCUT2D eigenvalue weighted by atomic mass is 9.75. The van der Waals surface area contributed by atoms with E-state index in [1.54, 1.807) is 0 Å². The average Bonchev–Trinajstić information content (AvgIpc) is 3.10. The van der Waals surface area contributed by atoms with Crippen molar-refractivity contribution in [2.45, 2.75) is 75.3 Å². The largest absolute Gasteiger partial charge is 0.490 e. The first-order valence-electron chi connectivity index (χ1n) is 12.8. The van der Waals surface area contributed by atoms with Crippen molar-refractivity contribution in [1.29, 1.82) is 5.26 Å². The van der Waals surface area contributed by atoms with Crippen molar-refractivity contribution in [3.8, 4) is 11.8 Å². The molecular weight excluding hydrogens is 515 g/mol. The van der Waals surface area contributed by atoms with Crippen molar-refractivity contribution >= 4 is 29.9 Å². The number of ether oxygens (including phenoxy) is 1. The fourth-order valence-corrected chi connectivity index (χ4v) is 6.24. The monoisotopic (exact) mass is 545 g/mol. The molecule has 7 nitrogen and oxygen atoms in total. The zero-order valence-electron chi connectivity index (χ0n) is 21.3. The Morgan fingerprint density at radius 1 is 1.16 bits per heavy atom. The van der Waals surface area contributed by atoms with Crippen LogP contribution in [0.25, 0.3) is 0 Å². The fourth-order valence-electron chi connectivity index (χ4n) is 5.64. The number of pyridine rings is 1. The lowest BCUT2D eigenvalue weighted by Gasteiger charge is -2.44. The minimum atomic E-state index is -4.78. The minimum absolute atomic E-state index is 0.0391. The van der Waals surface area contributed by atoms with Crippen LogP contribution in [0, 0.1) is 11.3 Å². The highest BCUT2D eigenvalue weighted by Crippen LogP contribution is 2.50. The van der Waals surface area contributed by atoms with Crippen LogP contribution in [0.5, 0.6) is 5.75 Å². The Labute approximate surface area is 225 Å². The van der Waals surface area contributed by atoms with E-state index in [0.717, 1.165) is 56.1 Å². The lowest BCUT2D eigenvalue weighted by Crippen LogP contribution is -2.55. The first kappa shape index (κ1) is 26.6. The van der Waals surface area contributed by atoms with Crippen LogP contribution in [0.1, 0.15) is 57.2 Å². The molecule has 1 aromatic carbocycles. The van der Waals surface area contributed by atoms with Gasteiger partial charge < -0.3 is 14.5 Å². The smallest absolute Gasteiger partial charge is 0.419 e. The number of likely N-dealkylation sites (tertiary alicyclic amines) is 1. The lowest BCUT2D eigenvalue weighted by molar-refractivity contribution is -0.138. The third kappa shape index (κ3) is 4.58. The van der Waals surface area contributed by atoms with Crippen LogP contribution >= 0.6 is 12.6 Å². The van der Waals surface area contributed by atoms with Crippen LogP contribution in [0.2, 0.25) is 0 Å². The number of alkyl halides is 3. The number of aromatic nitrogens is 1. The first-order valence-corrected chi connectivity index (χ1v) is 13.4. The second kappa shape index (κ2) is 9.97. The van der Waals surface area contributed by atoms with Crippen molar-refractivity contribution in [3.63, 3.8) is 0 Å². The van der Waals surface area contributed by atoms with Gasteiger partial charge in [0.2, 0.25) is 0 Å². The molecule has 2 aliphatic heterocycles. The molecule has 3 heterocycles. The summed E-state index contributed by atoms with van der Waals surface area (Å²) >= 11 is 4.70. The maximum Gasteiger partial charge on any atom is 0.419 e. The number of nitrogens with zero attached hydrogens (tertiary/aromatic N) is 5. The SMILES string of the molecule is CC(C)N1CCC(Oc2ccc(N3C(S)N(c4cnc(C#N)c(C(F)(F)F)c4)C(=O)C34CCC4)cc2)CC1. The molecule has 1 aromatic heterocycles. The maximum absolute atomic E-state index is 13.7. The number of carbonyl (C=O) groups excluding carboxylic acids is 1. The molecule has 0 bridgehead atoms. The van der Waals surface area contributed by atoms with Crippen molar-refractivity contribution in [3.05, 3.63) is 47.8 Å². The summed E-state index contributed by atoms with van der Waals surface area (Å²) in [5.41, 5.74) is -2.93. The Balaban J connectivity index is 1.38. The van der Waals surface area contributed by atoms with Crippen molar-refractivity contribution in [2.75, 3.05) is 22.9 Å². The summed E-state index contributed by atoms with van der Waals surface area (Å²) < 4.78 is 47.0. The van der Waals surface area contributed by atoms with E-state index in [1.807, 2.05) is 29.2 Å². The quantitative estimate of drug-likeness (QED) is 0.520. The standard InChI is InChI=1S/C27H30F3N5O2S/c1-17(2)33-12-8-21(9-13-33)37-20-6-4-18(5-7-20)35-25(38)34(24(36)26(35)10-3-11-26)19-14-22(27(28,29)30)23(15-31)32-16-19/h4-7,14,16-17,21,25,38H,3,8-13H2,1-2H3. The van der Waals surface area contributed by atoms with Gasteiger partial charge in [0.1, 0.15) is 23.5 Å². The number of halogens is 3. The first-order chi connectivity index (χ1) is 18.0. The Morgan fingerprint density at radius 2 is 1.82 bits per heavy atom. The number of thiol groups is 1. The third-order valence-corrected chi connectivity index (χ3v) is 8.37. The van der Waals surface area contributed by atoms with E-state index in [9.17, 15) is 18.0 Å². The second-order valence-electron chi connectivity index (χ2n) is 10.4. The van der Waals surface area contributed by atoms with Gasteiger partial charge in [-0.2, -0.15) is 18.4 Å². The van der Waals surface area contributed by atoms with Gasteiger partial charge in [0.25, 0.3) is 5.91 Å². The number of rotatable bonds is 5. The molecular formula is C27H30F3N5O2S. The molecule has 1 aliphatic carbocycles. The van der Waals surface area contributed by atoms with Crippen LogP contribution in [-0.4, -0.2) is 52.1 Å². The van der Waals surface area contributed by atoms with Gasteiger partial charge >= 0.3 is 6.18 Å². The average molecular weight is 546 g/mol. The maximum atomic E-state index is 13.7. The Kier molecular flexibility index (Phi) is 6.99. The van der Waals surface area contributed by atoms with E-state index in [0.29, 0.717) is 18.9 Å². The molecule has 1 saturated carbocycles. The van der Waals surface area contributed by atoms with Gasteiger partial charge in [-0.25, -0.2) is 4.98 Å². The summed E-state index contributed by atoms with van der Waals surface area (Å²) in [6, 6.07) is 10.3. The molecule has 3 fully saturated rings. The number of hydrogen-bond acceptors (Lipinski definition) is 7. The van der Waals surface area contributed by atoms with Gasteiger partial charge in [-0.05, 0) is 76.3 Å². The zero-order valence-corrected chi connectivity index (χ0v) is 22.2. The van der Waals surface area contributed by atoms with Gasteiger partial charge in [0.15, 0.2) is 11.2 Å². The second-order valence-corrected chi connectivity index (χ2v) is 10.9. The van der Waals surface area contributed by atoms with Crippen molar-refractivity contribution in [1.82, 2.24) is 9.88 Å². The molecule has 2 saturated heterocycles. The molecule has 3 aliphatic rings. The number of carbonyl (C=O) groups is 1. The third-order valence-electron chi connectivity index (χ3n) is 7.91. The molecule has 0 radical (unpaired) electrons. The highest BCUT2D eigenvalue weighted by molar-refractivity contribution is 7.81. The van der Waals surface area contributed by atoms with E-state index in [2.05, 4.69) is 23.7 Å². The Bertz CT molecular complexity index is 1230. The molecule has 5 rings (SSSR count). The number of nitriles is 1. The molecule has 1 unspecified atom stereocenters. The number of amides is 1. The highest BCUT2D eigenvalue weighted by Gasteiger charge is 2.60. The summed E-state index contributed by atoms with van der Waals surface area (Å²) in [6.07, 6.45) is 0.369. The van der Waals surface area contributed by atoms with Crippen LogP contribution < -0.4 is 14.5 Å². The Morgan fingerprint density at radius 3 is 2.34 bits per heavy atom. The zero-order chi connectivity index (χ0) is 27.2. The highest BCUT2D eigenvalue weighted by atomic mass is 32.1. The molecule has 0 N–H and O–H groups in total. The summed E-state index contributed by atoms with van der Waals surface area (Å²) in [7, 11) is 0. The van der Waals surface area contributed by atoms with Gasteiger partial charge in [-0.1, -0.05) is 0 Å². The molecule has 38 heavy (non-hydrogen) atoms. The van der Waals surface area contributed by atoms with E-state index in [-0.39, 0.29) is 17.7 Å². The summed E-state index contributed by atoms with van der Waals surface area (Å²) in [5.74, 6) is 0.421. The van der Waals surface area contributed by atoms with Gasteiger partial charge in [0, 0.05) is 24.8 Å². The van der Waals surface area contributed by atoms with E-state index < -0.39 is 28.5 Å². The van der Waals surface area contributed by atoms with Crippen LogP contribution in [0.3, 0.4) is 0 Å². The molecule has 11 heteroatoms. The molecule has 202 valence electrons. The molecule has 1 amide bonds. The van der Waals surface area contributed by atoms with E-state index >= 15 is 0 Å². The predicted octanol–water partition coefficient (Wildman–Crippen LogP) is 5.21. The van der Waals surface area contributed by atoms with Gasteiger partial charge in [0.05, 0.1) is 17.4 Å². The summed E-state index contributed by atoms with van der Waals surface area (Å²) in [5, 5.41) is 9.09. The fraction of sp³-hybridized carbons (Fsp3) is 0.519. The molecule has 1 spiro atoms. The normalized spacial score (nSPS) is 22.2. The number of piperidine rings is 1. The molecule has 1 atom stereocenters. The van der Waals surface area contributed by atoms with Crippen molar-refractivity contribution < 1.29 is 22.7 Å². The van der Waals surface area contributed by atoms with Gasteiger partial charge in [-0.15, -0.1) is 12.6 Å². The molecule has 2 aromatic rings. The van der Waals surface area contributed by atoms with E-state index in [1.165, 1.54) is 11.0 Å². The Hall–Kier alpha value is -2.97. The van der Waals surface area contributed by atoms with E-state index in [4.69, 9.17) is 22.6 Å². The summed E-state index contributed by atoms with van der Waals surface area (Å²) in [4.78, 5) is 22.9. The van der Waals surface area contributed by atoms with Crippen LogP contribution in [0.4, 0.5) is 24.5 Å². The predicted molar refractivity (Wildman–Crippen MR) is 140 cm³/mol. The van der Waals surface area contributed by atoms with Crippen LogP contribution in [0.15, 0.2) is 36.5 Å². The topological polar surface area (TPSA) is 72.7 Å². The van der Waals surface area contributed by atoms with Crippen molar-refractivity contribution in [2.24, 2.45) is 0 Å².